The largest absolute Gasteiger partial charge is 0.496 e. The first-order valence-corrected chi connectivity index (χ1v) is 8.21. The van der Waals surface area contributed by atoms with Gasteiger partial charge >= 0.3 is 6.01 Å². The summed E-state index contributed by atoms with van der Waals surface area (Å²) in [5.41, 5.74) is 1.23. The Bertz CT molecular complexity index is 621. The van der Waals surface area contributed by atoms with E-state index in [9.17, 15) is 0 Å². The van der Waals surface area contributed by atoms with Crippen LogP contribution in [0, 0.1) is 0 Å². The number of aromatic nitrogens is 2. The highest BCUT2D eigenvalue weighted by Gasteiger charge is 2.21. The van der Waals surface area contributed by atoms with Crippen molar-refractivity contribution in [2.45, 2.75) is 26.3 Å². The van der Waals surface area contributed by atoms with Gasteiger partial charge in [0.25, 0.3) is 0 Å². The summed E-state index contributed by atoms with van der Waals surface area (Å²) in [6.45, 7) is 6.78. The van der Waals surface area contributed by atoms with Crippen molar-refractivity contribution in [1.29, 1.82) is 0 Å². The summed E-state index contributed by atoms with van der Waals surface area (Å²) in [4.78, 5) is 4.60. The van der Waals surface area contributed by atoms with Crippen LogP contribution in [0.4, 0.5) is 6.01 Å². The van der Waals surface area contributed by atoms with Crippen LogP contribution in [0.15, 0.2) is 28.7 Å². The Hall–Kier alpha value is -2.08. The highest BCUT2D eigenvalue weighted by atomic mass is 16.5. The molecule has 1 aliphatic heterocycles. The van der Waals surface area contributed by atoms with Crippen LogP contribution in [0.5, 0.6) is 5.75 Å². The Balaban J connectivity index is 1.55. The zero-order chi connectivity index (χ0) is 16.1. The number of para-hydroxylation sites is 1. The smallest absolute Gasteiger partial charge is 0.318 e. The summed E-state index contributed by atoms with van der Waals surface area (Å²) in [6, 6.07) is 8.86. The molecule has 23 heavy (non-hydrogen) atoms. The number of hydrogen-bond acceptors (Lipinski definition) is 6. The zero-order valence-corrected chi connectivity index (χ0v) is 13.9. The van der Waals surface area contributed by atoms with Crippen molar-refractivity contribution in [2.24, 2.45) is 0 Å². The second-order valence-electron chi connectivity index (χ2n) is 5.80. The average Bonchev–Trinajstić information content (AvgIpc) is 3.05. The summed E-state index contributed by atoms with van der Waals surface area (Å²) in [6.07, 6.45) is 1.87. The van der Waals surface area contributed by atoms with Gasteiger partial charge in [-0.05, 0) is 12.5 Å². The number of hydrogen-bond donors (Lipinski definition) is 0. The van der Waals surface area contributed by atoms with Gasteiger partial charge in [-0.1, -0.05) is 30.2 Å². The SMILES string of the molecule is CCCc1nnc(N2CCN(Cc3ccccc3OC)CC2)o1. The van der Waals surface area contributed by atoms with Crippen LogP contribution in [-0.2, 0) is 13.0 Å². The highest BCUT2D eigenvalue weighted by Crippen LogP contribution is 2.21. The van der Waals surface area contributed by atoms with Gasteiger partial charge in [-0.3, -0.25) is 4.90 Å². The monoisotopic (exact) mass is 316 g/mol. The van der Waals surface area contributed by atoms with Crippen LogP contribution < -0.4 is 9.64 Å². The topological polar surface area (TPSA) is 54.6 Å². The van der Waals surface area contributed by atoms with Crippen molar-refractivity contribution in [1.82, 2.24) is 15.1 Å². The van der Waals surface area contributed by atoms with E-state index in [1.807, 2.05) is 12.1 Å². The maximum Gasteiger partial charge on any atom is 0.318 e. The van der Waals surface area contributed by atoms with Crippen LogP contribution in [0.25, 0.3) is 0 Å². The molecule has 1 aromatic heterocycles. The van der Waals surface area contributed by atoms with Crippen molar-refractivity contribution in [3.05, 3.63) is 35.7 Å². The van der Waals surface area contributed by atoms with Gasteiger partial charge in [-0.2, -0.15) is 0 Å². The fourth-order valence-electron chi connectivity index (χ4n) is 2.86. The van der Waals surface area contributed by atoms with Crippen molar-refractivity contribution < 1.29 is 9.15 Å². The number of rotatable bonds is 6. The minimum Gasteiger partial charge on any atom is -0.496 e. The number of anilines is 1. The summed E-state index contributed by atoms with van der Waals surface area (Å²) in [5.74, 6) is 1.69. The van der Waals surface area contributed by atoms with E-state index in [-0.39, 0.29) is 0 Å². The van der Waals surface area contributed by atoms with Crippen LogP contribution in [0.1, 0.15) is 24.8 Å². The van der Waals surface area contributed by atoms with Crippen molar-refractivity contribution >= 4 is 6.01 Å². The predicted octanol–water partition coefficient (Wildman–Crippen LogP) is 2.35. The Morgan fingerprint density at radius 1 is 1.13 bits per heavy atom. The minimum absolute atomic E-state index is 0.658. The van der Waals surface area contributed by atoms with Crippen LogP contribution in [-0.4, -0.2) is 48.4 Å². The Morgan fingerprint density at radius 3 is 2.65 bits per heavy atom. The second kappa shape index (κ2) is 7.46. The molecule has 2 heterocycles. The molecule has 0 saturated carbocycles. The molecule has 3 rings (SSSR count). The molecular weight excluding hydrogens is 292 g/mol. The van der Waals surface area contributed by atoms with Crippen molar-refractivity contribution in [2.75, 3.05) is 38.2 Å². The third kappa shape index (κ3) is 3.82. The van der Waals surface area contributed by atoms with Gasteiger partial charge in [-0.25, -0.2) is 0 Å². The van der Waals surface area contributed by atoms with E-state index in [1.165, 1.54) is 5.56 Å². The average molecular weight is 316 g/mol. The maximum absolute atomic E-state index is 5.72. The summed E-state index contributed by atoms with van der Waals surface area (Å²) >= 11 is 0. The third-order valence-electron chi connectivity index (χ3n) is 4.15. The molecule has 0 atom stereocenters. The number of piperazine rings is 1. The first kappa shape index (κ1) is 15.8. The van der Waals surface area contributed by atoms with Gasteiger partial charge in [-0.15, -0.1) is 5.10 Å². The minimum atomic E-state index is 0.658. The molecule has 6 nitrogen and oxygen atoms in total. The molecule has 1 aromatic carbocycles. The molecule has 0 radical (unpaired) electrons. The fourth-order valence-corrected chi connectivity index (χ4v) is 2.86. The van der Waals surface area contributed by atoms with Gasteiger partial charge in [0.15, 0.2) is 0 Å². The molecular formula is C17H24N4O2. The van der Waals surface area contributed by atoms with Gasteiger partial charge in [0.2, 0.25) is 5.89 Å². The quantitative estimate of drug-likeness (QED) is 0.815. The lowest BCUT2D eigenvalue weighted by molar-refractivity contribution is 0.241. The van der Waals surface area contributed by atoms with Crippen LogP contribution in [0.2, 0.25) is 0 Å². The van der Waals surface area contributed by atoms with E-state index in [1.54, 1.807) is 7.11 Å². The van der Waals surface area contributed by atoms with Gasteiger partial charge in [0.1, 0.15) is 5.75 Å². The van der Waals surface area contributed by atoms with Crippen LogP contribution >= 0.6 is 0 Å². The van der Waals surface area contributed by atoms with E-state index in [0.29, 0.717) is 6.01 Å². The van der Waals surface area contributed by atoms with Crippen molar-refractivity contribution in [3.63, 3.8) is 0 Å². The Labute approximate surface area is 137 Å². The van der Waals surface area contributed by atoms with E-state index in [4.69, 9.17) is 9.15 Å². The van der Waals surface area contributed by atoms with Gasteiger partial charge < -0.3 is 14.1 Å². The van der Waals surface area contributed by atoms with E-state index < -0.39 is 0 Å². The summed E-state index contributed by atoms with van der Waals surface area (Å²) in [7, 11) is 1.72. The molecule has 6 heteroatoms. The Morgan fingerprint density at radius 2 is 1.91 bits per heavy atom. The maximum atomic E-state index is 5.72. The number of ether oxygens (including phenoxy) is 1. The number of benzene rings is 1. The molecule has 0 amide bonds. The predicted molar refractivity (Wildman–Crippen MR) is 88.8 cm³/mol. The molecule has 0 bridgehead atoms. The Kier molecular flexibility index (Phi) is 5.12. The molecule has 1 aliphatic rings. The molecule has 2 aromatic rings. The lowest BCUT2D eigenvalue weighted by atomic mass is 10.1. The number of aryl methyl sites for hydroxylation is 1. The number of nitrogens with zero attached hydrogens (tertiary/aromatic N) is 4. The van der Waals surface area contributed by atoms with Crippen LogP contribution in [0.3, 0.4) is 0 Å². The normalized spacial score (nSPS) is 15.8. The molecule has 0 N–H and O–H groups in total. The first-order chi connectivity index (χ1) is 11.3. The molecule has 0 unspecified atom stereocenters. The summed E-state index contributed by atoms with van der Waals surface area (Å²) < 4.78 is 11.2. The zero-order valence-electron chi connectivity index (χ0n) is 13.9. The molecule has 1 fully saturated rings. The number of methoxy groups -OCH3 is 1. The molecule has 0 spiro atoms. The standard InChI is InChI=1S/C17H24N4O2/c1-3-6-16-18-19-17(23-16)21-11-9-20(10-12-21)13-14-7-4-5-8-15(14)22-2/h4-5,7-8H,3,6,9-13H2,1-2H3. The van der Waals surface area contributed by atoms with E-state index in [2.05, 4.69) is 39.1 Å². The van der Waals surface area contributed by atoms with E-state index >= 15 is 0 Å². The van der Waals surface area contributed by atoms with Crippen molar-refractivity contribution in [3.8, 4) is 5.75 Å². The molecule has 1 saturated heterocycles. The molecule has 0 aliphatic carbocycles. The third-order valence-corrected chi connectivity index (χ3v) is 4.15. The second-order valence-corrected chi connectivity index (χ2v) is 5.80. The lowest BCUT2D eigenvalue weighted by Crippen LogP contribution is -2.46. The van der Waals surface area contributed by atoms with E-state index in [0.717, 1.165) is 57.2 Å². The summed E-state index contributed by atoms with van der Waals surface area (Å²) in [5, 5.41) is 8.27. The van der Waals surface area contributed by atoms with Gasteiger partial charge in [0.05, 0.1) is 7.11 Å². The fraction of sp³-hybridized carbons (Fsp3) is 0.529. The lowest BCUT2D eigenvalue weighted by Gasteiger charge is -2.33. The molecule has 124 valence electrons. The van der Waals surface area contributed by atoms with Gasteiger partial charge in [0, 0.05) is 44.7 Å². The highest BCUT2D eigenvalue weighted by molar-refractivity contribution is 5.33. The first-order valence-electron chi connectivity index (χ1n) is 8.21.